The smallest absolute Gasteiger partial charge is 0.223 e. The number of nitrogens with zero attached hydrogens (tertiary/aromatic N) is 4. The predicted octanol–water partition coefficient (Wildman–Crippen LogP) is -1.67. The molecular formula is C20H36N6O4. The van der Waals surface area contributed by atoms with E-state index in [4.69, 9.17) is 0 Å². The molecule has 0 unspecified atom stereocenters. The molecule has 170 valence electrons. The number of carbonyl (C=O) groups is 4. The van der Waals surface area contributed by atoms with E-state index in [1.54, 1.807) is 0 Å². The van der Waals surface area contributed by atoms with Crippen LogP contribution >= 0.6 is 0 Å². The van der Waals surface area contributed by atoms with Crippen LogP contribution in [0.15, 0.2) is 0 Å². The third-order valence-corrected chi connectivity index (χ3v) is 5.61. The first-order chi connectivity index (χ1) is 14.3. The molecule has 0 spiro atoms. The first-order valence-electron chi connectivity index (χ1n) is 10.8. The zero-order valence-corrected chi connectivity index (χ0v) is 18.3. The van der Waals surface area contributed by atoms with Crippen molar-refractivity contribution in [3.8, 4) is 0 Å². The van der Waals surface area contributed by atoms with Crippen LogP contribution in [-0.4, -0.2) is 122 Å². The van der Waals surface area contributed by atoms with Crippen LogP contribution in [0.3, 0.4) is 0 Å². The third-order valence-electron chi connectivity index (χ3n) is 5.61. The van der Waals surface area contributed by atoms with Gasteiger partial charge in [-0.15, -0.1) is 0 Å². The summed E-state index contributed by atoms with van der Waals surface area (Å²) in [6, 6.07) is 0. The van der Waals surface area contributed by atoms with Gasteiger partial charge in [0.2, 0.25) is 23.6 Å². The molecule has 10 heteroatoms. The number of hydrogen-bond donors (Lipinski definition) is 2. The van der Waals surface area contributed by atoms with Crippen LogP contribution in [0.5, 0.6) is 0 Å². The molecule has 0 saturated carbocycles. The molecule has 10 nitrogen and oxygen atoms in total. The molecule has 30 heavy (non-hydrogen) atoms. The topological polar surface area (TPSA) is 105 Å². The fourth-order valence-corrected chi connectivity index (χ4v) is 3.75. The second kappa shape index (κ2) is 12.5. The highest BCUT2D eigenvalue weighted by atomic mass is 16.2. The molecule has 0 aromatic heterocycles. The van der Waals surface area contributed by atoms with Crippen molar-refractivity contribution in [2.75, 3.05) is 78.5 Å². The van der Waals surface area contributed by atoms with Crippen LogP contribution in [0.2, 0.25) is 0 Å². The Kier molecular flexibility index (Phi) is 10.0. The molecule has 2 aliphatic rings. The fraction of sp³-hybridized carbons (Fsp3) is 0.800. The average Bonchev–Trinajstić information content (AvgIpc) is 2.72. The van der Waals surface area contributed by atoms with Gasteiger partial charge in [0.1, 0.15) is 0 Å². The van der Waals surface area contributed by atoms with E-state index < -0.39 is 0 Å². The number of amides is 4. The molecule has 0 aromatic rings. The maximum atomic E-state index is 12.5. The minimum absolute atomic E-state index is 0.0279. The Morgan fingerprint density at radius 1 is 0.600 bits per heavy atom. The molecule has 2 aliphatic heterocycles. The van der Waals surface area contributed by atoms with Crippen LogP contribution in [0.25, 0.3) is 0 Å². The molecule has 0 bridgehead atoms. The van der Waals surface area contributed by atoms with E-state index in [0.29, 0.717) is 39.3 Å². The van der Waals surface area contributed by atoms with Gasteiger partial charge in [0.05, 0.1) is 0 Å². The maximum Gasteiger partial charge on any atom is 0.223 e. The summed E-state index contributed by atoms with van der Waals surface area (Å²) in [5.41, 5.74) is 0. The van der Waals surface area contributed by atoms with Gasteiger partial charge in [0.15, 0.2) is 0 Å². The highest BCUT2D eigenvalue weighted by Gasteiger charge is 2.24. The molecule has 4 amide bonds. The van der Waals surface area contributed by atoms with Crippen molar-refractivity contribution in [1.82, 2.24) is 30.2 Å². The van der Waals surface area contributed by atoms with Crippen LogP contribution in [0, 0.1) is 0 Å². The van der Waals surface area contributed by atoms with Crippen molar-refractivity contribution in [2.24, 2.45) is 0 Å². The first kappa shape index (κ1) is 24.1. The van der Waals surface area contributed by atoms with Gasteiger partial charge in [-0.25, -0.2) is 0 Å². The summed E-state index contributed by atoms with van der Waals surface area (Å²) in [5.74, 6) is 0.0253. The molecule has 2 saturated heterocycles. The second-order valence-electron chi connectivity index (χ2n) is 7.91. The third kappa shape index (κ3) is 8.66. The van der Waals surface area contributed by atoms with Gasteiger partial charge in [-0.2, -0.15) is 0 Å². The molecule has 0 aliphatic carbocycles. The van der Waals surface area contributed by atoms with E-state index in [2.05, 4.69) is 20.4 Å². The van der Waals surface area contributed by atoms with Gasteiger partial charge < -0.3 is 20.4 Å². The van der Waals surface area contributed by atoms with Gasteiger partial charge in [-0.1, -0.05) is 0 Å². The lowest BCUT2D eigenvalue weighted by atomic mass is 10.2. The van der Waals surface area contributed by atoms with E-state index in [-0.39, 0.29) is 36.5 Å². The Morgan fingerprint density at radius 2 is 0.933 bits per heavy atom. The Bertz CT molecular complexity index is 546. The highest BCUT2D eigenvalue weighted by Crippen LogP contribution is 2.08. The van der Waals surface area contributed by atoms with Gasteiger partial charge in [0.25, 0.3) is 0 Å². The number of carbonyl (C=O) groups excluding carboxylic acids is 4. The molecule has 2 fully saturated rings. The lowest BCUT2D eigenvalue weighted by Crippen LogP contribution is -2.51. The second-order valence-corrected chi connectivity index (χ2v) is 7.91. The van der Waals surface area contributed by atoms with Crippen LogP contribution in [0.4, 0.5) is 0 Å². The molecule has 2 rings (SSSR count). The summed E-state index contributed by atoms with van der Waals surface area (Å²) in [6.45, 7) is 11.7. The van der Waals surface area contributed by atoms with Gasteiger partial charge in [-0.05, 0) is 0 Å². The number of hydrogen-bond acceptors (Lipinski definition) is 6. The summed E-state index contributed by atoms with van der Waals surface area (Å²) >= 11 is 0. The Hall–Kier alpha value is -2.20. The average molecular weight is 425 g/mol. The summed E-state index contributed by atoms with van der Waals surface area (Å²) in [4.78, 5) is 54.9. The zero-order chi connectivity index (χ0) is 21.9. The summed E-state index contributed by atoms with van der Waals surface area (Å²) in [5, 5.41) is 5.57. The van der Waals surface area contributed by atoms with Crippen molar-refractivity contribution < 1.29 is 19.2 Å². The normalized spacial score (nSPS) is 18.2. The number of nitrogens with one attached hydrogen (secondary N) is 2. The van der Waals surface area contributed by atoms with Crippen molar-refractivity contribution in [3.63, 3.8) is 0 Å². The summed E-state index contributed by atoms with van der Waals surface area (Å²) < 4.78 is 0. The zero-order valence-electron chi connectivity index (χ0n) is 18.3. The van der Waals surface area contributed by atoms with Gasteiger partial charge in [0, 0.05) is 105 Å². The van der Waals surface area contributed by atoms with E-state index >= 15 is 0 Å². The molecule has 2 N–H and O–H groups in total. The minimum Gasteiger partial charge on any atom is -0.355 e. The lowest BCUT2D eigenvalue weighted by Gasteiger charge is -2.36. The van der Waals surface area contributed by atoms with Gasteiger partial charge >= 0.3 is 0 Å². The lowest BCUT2D eigenvalue weighted by molar-refractivity contribution is -0.138. The molecular weight excluding hydrogens is 388 g/mol. The summed E-state index contributed by atoms with van der Waals surface area (Å²) in [6.07, 6.45) is 0.515. The van der Waals surface area contributed by atoms with Crippen molar-refractivity contribution >= 4 is 23.6 Å². The Balaban J connectivity index is 1.58. The van der Waals surface area contributed by atoms with Crippen molar-refractivity contribution in [2.45, 2.75) is 26.7 Å². The van der Waals surface area contributed by atoms with Crippen LogP contribution in [-0.2, 0) is 19.2 Å². The SMILES string of the molecule is CC(=O)NCCN1CCN(C(=O)CCC(=O)N2CCN(CCNC(C)=O)CC2)CC1. The van der Waals surface area contributed by atoms with E-state index in [0.717, 1.165) is 39.3 Å². The molecule has 0 aromatic carbocycles. The first-order valence-corrected chi connectivity index (χ1v) is 10.8. The Labute approximate surface area is 178 Å². The van der Waals surface area contributed by atoms with Crippen molar-refractivity contribution in [3.05, 3.63) is 0 Å². The molecule has 0 atom stereocenters. The monoisotopic (exact) mass is 424 g/mol. The largest absolute Gasteiger partial charge is 0.355 e. The number of piperazine rings is 2. The number of rotatable bonds is 9. The fourth-order valence-electron chi connectivity index (χ4n) is 3.75. The summed E-state index contributed by atoms with van der Waals surface area (Å²) in [7, 11) is 0. The Morgan fingerprint density at radius 3 is 1.23 bits per heavy atom. The van der Waals surface area contributed by atoms with E-state index in [9.17, 15) is 19.2 Å². The highest BCUT2D eigenvalue weighted by molar-refractivity contribution is 5.84. The van der Waals surface area contributed by atoms with Gasteiger partial charge in [-0.3, -0.25) is 29.0 Å². The molecule has 0 radical (unpaired) electrons. The van der Waals surface area contributed by atoms with E-state index in [1.807, 2.05) is 9.80 Å². The molecule has 2 heterocycles. The standard InChI is InChI=1S/C20H36N6O4/c1-17(27)21-5-7-23-9-13-25(14-10-23)19(29)3-4-20(30)26-15-11-24(12-16-26)8-6-22-18(2)28/h3-16H2,1-2H3,(H,21,27)(H,22,28). The van der Waals surface area contributed by atoms with Crippen LogP contribution in [0.1, 0.15) is 26.7 Å². The predicted molar refractivity (Wildman–Crippen MR) is 113 cm³/mol. The maximum absolute atomic E-state index is 12.5. The van der Waals surface area contributed by atoms with Crippen LogP contribution < -0.4 is 10.6 Å². The quantitative estimate of drug-likeness (QED) is 0.459. The minimum atomic E-state index is -0.0279. The van der Waals surface area contributed by atoms with Crippen molar-refractivity contribution in [1.29, 1.82) is 0 Å². The van der Waals surface area contributed by atoms with E-state index in [1.165, 1.54) is 13.8 Å².